The normalized spacial score (nSPS) is 11.0. The van der Waals surface area contributed by atoms with Gasteiger partial charge in [-0.1, -0.05) is 6.07 Å². The van der Waals surface area contributed by atoms with Crippen LogP contribution in [0.1, 0.15) is 15.9 Å². The van der Waals surface area contributed by atoms with Crippen molar-refractivity contribution in [3.05, 3.63) is 70.9 Å². The molecule has 2 nitrogen and oxygen atoms in total. The molecule has 3 aromatic rings. The molecule has 0 bridgehead atoms. The van der Waals surface area contributed by atoms with E-state index in [2.05, 4.69) is 4.98 Å². The number of nitrogens with one attached hydrogen (secondary N) is 1. The molecule has 0 atom stereocenters. The third-order valence-corrected chi connectivity index (χ3v) is 3.13. The maximum Gasteiger partial charge on any atom is 0.201 e. The Bertz CT molecular complexity index is 846. The summed E-state index contributed by atoms with van der Waals surface area (Å²) in [6, 6.07) is 4.89. The zero-order valence-corrected chi connectivity index (χ0v) is 10.4. The summed E-state index contributed by atoms with van der Waals surface area (Å²) in [6.07, 6.45) is 1.16. The predicted octanol–water partition coefficient (Wildman–Crippen LogP) is 3.96. The fraction of sp³-hybridized carbons (Fsp3) is 0. The van der Waals surface area contributed by atoms with Gasteiger partial charge in [0, 0.05) is 29.2 Å². The van der Waals surface area contributed by atoms with Crippen molar-refractivity contribution in [3.63, 3.8) is 0 Å². The molecule has 2 aromatic carbocycles. The highest BCUT2D eigenvalue weighted by atomic mass is 19.1. The third-order valence-electron chi connectivity index (χ3n) is 3.13. The molecule has 0 aliphatic carbocycles. The zero-order chi connectivity index (χ0) is 15.1. The average molecular weight is 293 g/mol. The highest BCUT2D eigenvalue weighted by molar-refractivity contribution is 6.16. The number of carbonyl (C=O) groups is 1. The standard InChI is InChI=1S/C15H7F4NO/c16-7-4-10(18)14(11(19)5-7)15(21)8-6-20-12-3-1-2-9(17)13(8)12/h1-6,20H. The minimum absolute atomic E-state index is 0.0642. The molecule has 1 aromatic heterocycles. The lowest BCUT2D eigenvalue weighted by atomic mass is 10.0. The zero-order valence-electron chi connectivity index (χ0n) is 10.4. The Morgan fingerprint density at radius 2 is 1.62 bits per heavy atom. The summed E-state index contributed by atoms with van der Waals surface area (Å²) < 4.78 is 54.0. The Morgan fingerprint density at radius 1 is 0.952 bits per heavy atom. The van der Waals surface area contributed by atoms with Gasteiger partial charge in [-0.15, -0.1) is 0 Å². The van der Waals surface area contributed by atoms with Crippen molar-refractivity contribution in [2.45, 2.75) is 0 Å². The van der Waals surface area contributed by atoms with Crippen LogP contribution in [-0.4, -0.2) is 10.8 Å². The van der Waals surface area contributed by atoms with Gasteiger partial charge in [0.2, 0.25) is 5.78 Å². The lowest BCUT2D eigenvalue weighted by Crippen LogP contribution is -2.08. The van der Waals surface area contributed by atoms with Gasteiger partial charge in [0.1, 0.15) is 23.3 Å². The maximum atomic E-state index is 13.8. The molecule has 0 spiro atoms. The fourth-order valence-corrected chi connectivity index (χ4v) is 2.21. The van der Waals surface area contributed by atoms with Crippen molar-refractivity contribution >= 4 is 16.7 Å². The van der Waals surface area contributed by atoms with Gasteiger partial charge in [-0.05, 0) is 12.1 Å². The summed E-state index contributed by atoms with van der Waals surface area (Å²) in [4.78, 5) is 14.9. The first kappa shape index (κ1) is 13.4. The minimum atomic E-state index is -1.33. The number of ketones is 1. The highest BCUT2D eigenvalue weighted by Gasteiger charge is 2.24. The van der Waals surface area contributed by atoms with Crippen LogP contribution in [0, 0.1) is 23.3 Å². The smallest absolute Gasteiger partial charge is 0.201 e. The quantitative estimate of drug-likeness (QED) is 0.563. The second-order valence-corrected chi connectivity index (χ2v) is 4.44. The van der Waals surface area contributed by atoms with Crippen LogP contribution in [-0.2, 0) is 0 Å². The Hall–Kier alpha value is -2.63. The number of hydrogen-bond donors (Lipinski definition) is 1. The van der Waals surface area contributed by atoms with Crippen LogP contribution >= 0.6 is 0 Å². The highest BCUT2D eigenvalue weighted by Crippen LogP contribution is 2.26. The molecule has 21 heavy (non-hydrogen) atoms. The first-order valence-corrected chi connectivity index (χ1v) is 5.94. The van der Waals surface area contributed by atoms with Crippen molar-refractivity contribution in [2.24, 2.45) is 0 Å². The summed E-state index contributed by atoms with van der Waals surface area (Å²) in [5.41, 5.74) is -0.811. The fourth-order valence-electron chi connectivity index (χ4n) is 2.21. The molecule has 1 N–H and O–H groups in total. The third kappa shape index (κ3) is 2.08. The predicted molar refractivity (Wildman–Crippen MR) is 68.0 cm³/mol. The Morgan fingerprint density at radius 3 is 2.29 bits per heavy atom. The summed E-state index contributed by atoms with van der Waals surface area (Å²) >= 11 is 0. The van der Waals surface area contributed by atoms with Crippen LogP contribution in [0.4, 0.5) is 17.6 Å². The summed E-state index contributed by atoms with van der Waals surface area (Å²) in [6.45, 7) is 0. The molecule has 0 aliphatic heterocycles. The lowest BCUT2D eigenvalue weighted by molar-refractivity contribution is 0.103. The van der Waals surface area contributed by atoms with Gasteiger partial charge in [0.25, 0.3) is 0 Å². The van der Waals surface area contributed by atoms with E-state index in [-0.39, 0.29) is 10.9 Å². The molecule has 0 amide bonds. The molecule has 0 saturated carbocycles. The van der Waals surface area contributed by atoms with Crippen molar-refractivity contribution < 1.29 is 22.4 Å². The number of hydrogen-bond acceptors (Lipinski definition) is 1. The number of benzene rings is 2. The van der Waals surface area contributed by atoms with Gasteiger partial charge < -0.3 is 4.98 Å². The number of aromatic nitrogens is 1. The molecule has 0 saturated heterocycles. The molecule has 106 valence electrons. The van der Waals surface area contributed by atoms with Crippen LogP contribution in [0.5, 0.6) is 0 Å². The van der Waals surface area contributed by atoms with E-state index in [1.54, 1.807) is 0 Å². The first-order chi connectivity index (χ1) is 9.99. The van der Waals surface area contributed by atoms with Crippen LogP contribution in [0.25, 0.3) is 10.9 Å². The van der Waals surface area contributed by atoms with Crippen LogP contribution in [0.15, 0.2) is 36.5 Å². The van der Waals surface area contributed by atoms with Crippen molar-refractivity contribution in [1.29, 1.82) is 0 Å². The molecule has 1 heterocycles. The van der Waals surface area contributed by atoms with Crippen LogP contribution in [0.2, 0.25) is 0 Å². The van der Waals surface area contributed by atoms with Crippen LogP contribution in [0.3, 0.4) is 0 Å². The number of aromatic amines is 1. The topological polar surface area (TPSA) is 32.9 Å². The van der Waals surface area contributed by atoms with E-state index in [0.717, 1.165) is 12.3 Å². The largest absolute Gasteiger partial charge is 0.360 e. The van der Waals surface area contributed by atoms with E-state index in [1.165, 1.54) is 12.1 Å². The van der Waals surface area contributed by atoms with Gasteiger partial charge in [-0.3, -0.25) is 4.79 Å². The van der Waals surface area contributed by atoms with Gasteiger partial charge in [0.15, 0.2) is 0 Å². The molecule has 0 radical (unpaired) electrons. The minimum Gasteiger partial charge on any atom is -0.360 e. The number of halogens is 4. The Labute approximate surface area is 116 Å². The molecule has 0 unspecified atom stereocenters. The van der Waals surface area contributed by atoms with E-state index in [0.29, 0.717) is 17.6 Å². The van der Waals surface area contributed by atoms with Crippen molar-refractivity contribution in [2.75, 3.05) is 0 Å². The summed E-state index contributed by atoms with van der Waals surface area (Å²) in [5, 5.41) is -0.0642. The van der Waals surface area contributed by atoms with E-state index >= 15 is 0 Å². The van der Waals surface area contributed by atoms with E-state index in [1.807, 2.05) is 0 Å². The number of H-pyrrole nitrogens is 1. The second-order valence-electron chi connectivity index (χ2n) is 4.44. The number of rotatable bonds is 2. The number of carbonyl (C=O) groups excluding carboxylic acids is 1. The van der Waals surface area contributed by atoms with Crippen LogP contribution < -0.4 is 0 Å². The van der Waals surface area contributed by atoms with Gasteiger partial charge in [-0.2, -0.15) is 0 Å². The van der Waals surface area contributed by atoms with Gasteiger partial charge in [-0.25, -0.2) is 17.6 Å². The Balaban J connectivity index is 2.23. The summed E-state index contributed by atoms with van der Waals surface area (Å²) in [7, 11) is 0. The monoisotopic (exact) mass is 293 g/mol. The molecule has 0 fully saturated rings. The molecule has 6 heteroatoms. The van der Waals surface area contributed by atoms with Gasteiger partial charge in [0.05, 0.1) is 11.1 Å². The van der Waals surface area contributed by atoms with Crippen molar-refractivity contribution in [3.8, 4) is 0 Å². The molecular weight excluding hydrogens is 286 g/mol. The second kappa shape index (κ2) is 4.73. The molecular formula is C15H7F4NO. The van der Waals surface area contributed by atoms with E-state index < -0.39 is 34.6 Å². The van der Waals surface area contributed by atoms with E-state index in [4.69, 9.17) is 0 Å². The SMILES string of the molecule is O=C(c1c(F)cc(F)cc1F)c1c[nH]c2cccc(F)c12. The first-order valence-electron chi connectivity index (χ1n) is 5.94. The average Bonchev–Trinajstić information content (AvgIpc) is 2.82. The van der Waals surface area contributed by atoms with Crippen molar-refractivity contribution in [1.82, 2.24) is 4.98 Å². The number of fused-ring (bicyclic) bond motifs is 1. The maximum absolute atomic E-state index is 13.8. The lowest BCUT2D eigenvalue weighted by Gasteiger charge is -2.04. The molecule has 3 rings (SSSR count). The van der Waals surface area contributed by atoms with E-state index in [9.17, 15) is 22.4 Å². The summed E-state index contributed by atoms with van der Waals surface area (Å²) in [5.74, 6) is -5.54. The van der Waals surface area contributed by atoms with Gasteiger partial charge >= 0.3 is 0 Å². The Kier molecular flexibility index (Phi) is 3.01. The molecule has 0 aliphatic rings.